The summed E-state index contributed by atoms with van der Waals surface area (Å²) in [6.45, 7) is 0.478. The second-order valence-corrected chi connectivity index (χ2v) is 9.34. The number of likely N-dealkylation sites (N-methyl/N-ethyl adjacent to an activating group) is 1. The largest absolute Gasteiger partial charge is 0.497 e. The topological polar surface area (TPSA) is 84.9 Å². The Kier molecular flexibility index (Phi) is 9.60. The minimum Gasteiger partial charge on any atom is -0.497 e. The number of thioether (sulfide) groups is 1. The van der Waals surface area contributed by atoms with Crippen molar-refractivity contribution in [2.24, 2.45) is 0 Å². The van der Waals surface area contributed by atoms with E-state index in [-0.39, 0.29) is 19.6 Å². The Morgan fingerprint density at radius 3 is 2.42 bits per heavy atom. The molecule has 1 unspecified atom stereocenters. The van der Waals surface area contributed by atoms with Gasteiger partial charge in [-0.25, -0.2) is 12.8 Å². The summed E-state index contributed by atoms with van der Waals surface area (Å²) in [5.41, 5.74) is 0. The van der Waals surface area contributed by atoms with Crippen LogP contribution in [0.1, 0.15) is 6.42 Å². The molecular formula is C21H27FN2O5S2. The van der Waals surface area contributed by atoms with E-state index in [2.05, 4.69) is 4.72 Å². The fraction of sp³-hybridized carbons (Fsp3) is 0.381. The minimum absolute atomic E-state index is 0.226. The third-order valence-corrected chi connectivity index (χ3v) is 6.61. The molecular weight excluding hydrogens is 443 g/mol. The summed E-state index contributed by atoms with van der Waals surface area (Å²) < 4.78 is 52.3. The molecule has 0 radical (unpaired) electrons. The van der Waals surface area contributed by atoms with E-state index in [4.69, 9.17) is 9.47 Å². The average Bonchev–Trinajstić information content (AvgIpc) is 2.76. The quantitative estimate of drug-likeness (QED) is 0.514. The Labute approximate surface area is 187 Å². The van der Waals surface area contributed by atoms with Crippen LogP contribution in [0.2, 0.25) is 0 Å². The number of nitrogens with zero attached hydrogens (tertiary/aromatic N) is 1. The molecule has 0 aromatic heterocycles. The number of hydrogen-bond acceptors (Lipinski definition) is 6. The summed E-state index contributed by atoms with van der Waals surface area (Å²) in [7, 11) is -1.05. The zero-order valence-corrected chi connectivity index (χ0v) is 19.3. The smallest absolute Gasteiger partial charge is 0.244 e. The van der Waals surface area contributed by atoms with Gasteiger partial charge >= 0.3 is 0 Å². The molecule has 10 heteroatoms. The van der Waals surface area contributed by atoms with E-state index in [9.17, 15) is 17.6 Å². The van der Waals surface area contributed by atoms with Gasteiger partial charge in [0.25, 0.3) is 0 Å². The summed E-state index contributed by atoms with van der Waals surface area (Å²) in [4.78, 5) is 13.8. The van der Waals surface area contributed by atoms with Gasteiger partial charge in [-0.1, -0.05) is 12.1 Å². The molecule has 0 aliphatic carbocycles. The van der Waals surface area contributed by atoms with E-state index in [1.807, 2.05) is 6.26 Å². The molecule has 0 saturated carbocycles. The summed E-state index contributed by atoms with van der Waals surface area (Å²) >= 11 is 1.49. The van der Waals surface area contributed by atoms with Crippen molar-refractivity contribution in [3.8, 4) is 11.5 Å². The van der Waals surface area contributed by atoms with Crippen molar-refractivity contribution in [2.75, 3.05) is 39.3 Å². The van der Waals surface area contributed by atoms with Gasteiger partial charge in [0.15, 0.2) is 0 Å². The van der Waals surface area contributed by atoms with E-state index in [1.165, 1.54) is 34.9 Å². The molecule has 0 heterocycles. The van der Waals surface area contributed by atoms with E-state index in [0.29, 0.717) is 17.3 Å². The van der Waals surface area contributed by atoms with Crippen molar-refractivity contribution >= 4 is 27.7 Å². The molecule has 0 fully saturated rings. The van der Waals surface area contributed by atoms with Gasteiger partial charge < -0.3 is 14.4 Å². The first kappa shape index (κ1) is 25.0. The number of benzene rings is 2. The molecule has 31 heavy (non-hydrogen) atoms. The Bertz CT molecular complexity index is 954. The Morgan fingerprint density at radius 1 is 1.16 bits per heavy atom. The lowest BCUT2D eigenvalue weighted by atomic mass is 10.2. The summed E-state index contributed by atoms with van der Waals surface area (Å²) in [5, 5.41) is 0. The van der Waals surface area contributed by atoms with Crippen molar-refractivity contribution < 1.29 is 27.1 Å². The summed E-state index contributed by atoms with van der Waals surface area (Å²) in [6, 6.07) is 11.1. The molecule has 0 aliphatic rings. The fourth-order valence-corrected chi connectivity index (χ4v) is 4.50. The highest BCUT2D eigenvalue weighted by molar-refractivity contribution is 7.98. The van der Waals surface area contributed by atoms with Crippen molar-refractivity contribution in [3.05, 3.63) is 54.3 Å². The van der Waals surface area contributed by atoms with Crippen LogP contribution in [-0.2, 0) is 14.8 Å². The molecule has 2 rings (SSSR count). The predicted octanol–water partition coefficient (Wildman–Crippen LogP) is 2.77. The number of hydrogen-bond donors (Lipinski definition) is 1. The molecule has 2 aromatic carbocycles. The maximum atomic E-state index is 14.0. The van der Waals surface area contributed by atoms with Gasteiger partial charge in [0.05, 0.1) is 13.7 Å². The monoisotopic (exact) mass is 470 g/mol. The van der Waals surface area contributed by atoms with E-state index in [0.717, 1.165) is 6.07 Å². The number of nitrogens with one attached hydrogen (secondary N) is 1. The number of amides is 1. The van der Waals surface area contributed by atoms with Gasteiger partial charge in [0, 0.05) is 7.05 Å². The maximum absolute atomic E-state index is 14.0. The minimum atomic E-state index is -4.19. The maximum Gasteiger partial charge on any atom is 0.244 e. The number of sulfonamides is 1. The molecule has 170 valence electrons. The molecule has 1 amide bonds. The standard InChI is InChI=1S/C21H27FN2O5S2/c1-24(13-14-29-17-10-8-16(28-2)9-11-17)21(25)19(12-15-30-3)23-31(26,27)20-7-5-4-6-18(20)22/h4-11,19,23H,12-15H2,1-3H3. The lowest BCUT2D eigenvalue weighted by Gasteiger charge is -2.24. The van der Waals surface area contributed by atoms with Gasteiger partial charge in [-0.2, -0.15) is 16.5 Å². The fourth-order valence-electron chi connectivity index (χ4n) is 2.73. The number of carbonyl (C=O) groups is 1. The highest BCUT2D eigenvalue weighted by Crippen LogP contribution is 2.17. The second kappa shape index (κ2) is 11.9. The van der Waals surface area contributed by atoms with Gasteiger partial charge in [0.1, 0.15) is 34.9 Å². The van der Waals surface area contributed by atoms with Crippen molar-refractivity contribution in [1.29, 1.82) is 0 Å². The summed E-state index contributed by atoms with van der Waals surface area (Å²) in [6.07, 6.45) is 2.14. The van der Waals surface area contributed by atoms with Crippen LogP contribution in [0.25, 0.3) is 0 Å². The molecule has 1 atom stereocenters. The highest BCUT2D eigenvalue weighted by Gasteiger charge is 2.29. The van der Waals surface area contributed by atoms with Gasteiger partial charge in [-0.15, -0.1) is 0 Å². The SMILES string of the molecule is COc1ccc(OCCN(C)C(=O)C(CCSC)NS(=O)(=O)c2ccccc2F)cc1. The highest BCUT2D eigenvalue weighted by atomic mass is 32.2. The third kappa shape index (κ3) is 7.41. The van der Waals surface area contributed by atoms with Gasteiger partial charge in [0.2, 0.25) is 15.9 Å². The van der Waals surface area contributed by atoms with Crippen LogP contribution in [0.5, 0.6) is 11.5 Å². The van der Waals surface area contributed by atoms with Crippen LogP contribution in [0.15, 0.2) is 53.4 Å². The number of ether oxygens (including phenoxy) is 2. The van der Waals surface area contributed by atoms with Crippen LogP contribution in [0.4, 0.5) is 4.39 Å². The van der Waals surface area contributed by atoms with Crippen molar-refractivity contribution in [1.82, 2.24) is 9.62 Å². The normalized spacial score (nSPS) is 12.3. The van der Waals surface area contributed by atoms with Crippen LogP contribution in [-0.4, -0.2) is 64.6 Å². The van der Waals surface area contributed by atoms with Crippen LogP contribution >= 0.6 is 11.8 Å². The van der Waals surface area contributed by atoms with Gasteiger partial charge in [-0.3, -0.25) is 4.79 Å². The molecule has 0 spiro atoms. The molecule has 1 N–H and O–H groups in total. The number of rotatable bonds is 12. The Hall–Kier alpha value is -2.30. The van der Waals surface area contributed by atoms with Gasteiger partial charge in [-0.05, 0) is 54.8 Å². The van der Waals surface area contributed by atoms with E-state index in [1.54, 1.807) is 38.4 Å². The molecule has 0 saturated heterocycles. The third-order valence-electron chi connectivity index (χ3n) is 4.46. The number of halogens is 1. The zero-order valence-electron chi connectivity index (χ0n) is 17.7. The summed E-state index contributed by atoms with van der Waals surface area (Å²) in [5.74, 6) is 0.616. The van der Waals surface area contributed by atoms with E-state index >= 15 is 0 Å². The van der Waals surface area contributed by atoms with Crippen LogP contribution < -0.4 is 14.2 Å². The zero-order chi connectivity index (χ0) is 22.9. The van der Waals surface area contributed by atoms with Crippen LogP contribution in [0.3, 0.4) is 0 Å². The van der Waals surface area contributed by atoms with Crippen LogP contribution in [0, 0.1) is 5.82 Å². The lowest BCUT2D eigenvalue weighted by molar-refractivity contribution is -0.132. The second-order valence-electron chi connectivity index (χ2n) is 6.67. The molecule has 7 nitrogen and oxygen atoms in total. The molecule has 0 bridgehead atoms. The lowest BCUT2D eigenvalue weighted by Crippen LogP contribution is -2.48. The number of methoxy groups -OCH3 is 1. The first-order valence-corrected chi connectivity index (χ1v) is 12.4. The average molecular weight is 471 g/mol. The Morgan fingerprint density at radius 2 is 1.81 bits per heavy atom. The van der Waals surface area contributed by atoms with E-state index < -0.39 is 32.7 Å². The first-order chi connectivity index (χ1) is 14.8. The first-order valence-electron chi connectivity index (χ1n) is 9.56. The molecule has 0 aliphatic heterocycles. The number of carbonyl (C=O) groups excluding carboxylic acids is 1. The van der Waals surface area contributed by atoms with Crippen molar-refractivity contribution in [2.45, 2.75) is 17.4 Å². The predicted molar refractivity (Wildman–Crippen MR) is 120 cm³/mol. The Balaban J connectivity index is 2.01. The van der Waals surface area contributed by atoms with Crippen molar-refractivity contribution in [3.63, 3.8) is 0 Å². The molecule has 2 aromatic rings.